The van der Waals surface area contributed by atoms with Crippen molar-refractivity contribution in [2.45, 2.75) is 23.8 Å². The summed E-state index contributed by atoms with van der Waals surface area (Å²) < 4.78 is 26.7. The highest BCUT2D eigenvalue weighted by molar-refractivity contribution is 7.89. The summed E-state index contributed by atoms with van der Waals surface area (Å²) in [6, 6.07) is 4.46. The van der Waals surface area contributed by atoms with Crippen molar-refractivity contribution in [1.82, 2.24) is 9.21 Å². The number of sulfonamides is 1. The molecule has 1 aromatic rings. The van der Waals surface area contributed by atoms with Crippen LogP contribution in [0.1, 0.15) is 12.8 Å². The lowest BCUT2D eigenvalue weighted by molar-refractivity contribution is 0.187. The first-order valence-corrected chi connectivity index (χ1v) is 8.36. The van der Waals surface area contributed by atoms with Crippen LogP contribution in [0.3, 0.4) is 0 Å². The van der Waals surface area contributed by atoms with Crippen molar-refractivity contribution >= 4 is 27.3 Å². The molecule has 7 heteroatoms. The van der Waals surface area contributed by atoms with Crippen LogP contribution < -0.4 is 5.73 Å². The maximum absolute atomic E-state index is 12.7. The molecule has 0 aliphatic carbocycles. The summed E-state index contributed by atoms with van der Waals surface area (Å²) in [5.74, 6) is 0. The van der Waals surface area contributed by atoms with Crippen molar-refractivity contribution in [2.24, 2.45) is 0 Å². The highest BCUT2D eigenvalue weighted by atomic mass is 35.5. The minimum Gasteiger partial charge on any atom is -0.398 e. The van der Waals surface area contributed by atoms with Gasteiger partial charge in [0.1, 0.15) is 4.90 Å². The van der Waals surface area contributed by atoms with E-state index in [1.165, 1.54) is 16.4 Å². The SMILES string of the molecule is CN1CCCC(N(C)S(=O)(=O)c2ccc(Cl)cc2N)C1. The Hall–Kier alpha value is -0.820. The first-order chi connectivity index (χ1) is 9.32. The summed E-state index contributed by atoms with van der Waals surface area (Å²) in [4.78, 5) is 2.27. The zero-order chi connectivity index (χ0) is 14.9. The fourth-order valence-corrected chi connectivity index (χ4v) is 4.19. The molecule has 1 fully saturated rings. The molecule has 0 spiro atoms. The lowest BCUT2D eigenvalue weighted by Crippen LogP contribution is -2.47. The molecule has 1 aromatic carbocycles. The number of rotatable bonds is 3. The number of piperidine rings is 1. The molecular weight excluding hydrogens is 298 g/mol. The molecule has 20 heavy (non-hydrogen) atoms. The fourth-order valence-electron chi connectivity index (χ4n) is 2.54. The number of nitrogens with two attached hydrogens (primary N) is 1. The molecule has 5 nitrogen and oxygen atoms in total. The summed E-state index contributed by atoms with van der Waals surface area (Å²) >= 11 is 5.82. The molecule has 1 atom stereocenters. The molecule has 1 unspecified atom stereocenters. The van der Waals surface area contributed by atoms with Gasteiger partial charge in [0, 0.05) is 24.7 Å². The third kappa shape index (κ3) is 3.09. The van der Waals surface area contributed by atoms with Crippen molar-refractivity contribution in [1.29, 1.82) is 0 Å². The summed E-state index contributed by atoms with van der Waals surface area (Å²) in [7, 11) is 0.0351. The van der Waals surface area contributed by atoms with Gasteiger partial charge in [0.2, 0.25) is 10.0 Å². The molecular formula is C13H20ClN3O2S. The Morgan fingerprint density at radius 1 is 1.45 bits per heavy atom. The maximum atomic E-state index is 12.7. The van der Waals surface area contributed by atoms with E-state index in [9.17, 15) is 8.42 Å². The second kappa shape index (κ2) is 5.89. The number of halogens is 1. The van der Waals surface area contributed by atoms with Crippen molar-refractivity contribution in [3.8, 4) is 0 Å². The highest BCUT2D eigenvalue weighted by Crippen LogP contribution is 2.27. The van der Waals surface area contributed by atoms with E-state index in [1.54, 1.807) is 13.1 Å². The van der Waals surface area contributed by atoms with Crippen LogP contribution in [0.5, 0.6) is 0 Å². The van der Waals surface area contributed by atoms with E-state index >= 15 is 0 Å². The van der Waals surface area contributed by atoms with Gasteiger partial charge in [-0.15, -0.1) is 0 Å². The van der Waals surface area contributed by atoms with Crippen molar-refractivity contribution < 1.29 is 8.42 Å². The molecule has 1 aliphatic rings. The smallest absolute Gasteiger partial charge is 0.245 e. The zero-order valence-corrected chi connectivity index (χ0v) is 13.3. The van der Waals surface area contributed by atoms with Crippen LogP contribution in [0.4, 0.5) is 5.69 Å². The Kier molecular flexibility index (Phi) is 4.59. The molecule has 2 rings (SSSR count). The number of nitrogens with zero attached hydrogens (tertiary/aromatic N) is 2. The minimum atomic E-state index is -3.59. The van der Waals surface area contributed by atoms with Gasteiger partial charge < -0.3 is 10.6 Å². The molecule has 0 amide bonds. The second-order valence-electron chi connectivity index (χ2n) is 5.26. The molecule has 1 saturated heterocycles. The number of hydrogen-bond donors (Lipinski definition) is 1. The van der Waals surface area contributed by atoms with Gasteiger partial charge in [-0.1, -0.05) is 11.6 Å². The van der Waals surface area contributed by atoms with Gasteiger partial charge in [0.15, 0.2) is 0 Å². The predicted molar refractivity (Wildman–Crippen MR) is 81.3 cm³/mol. The van der Waals surface area contributed by atoms with Crippen LogP contribution >= 0.6 is 11.6 Å². The number of hydrogen-bond acceptors (Lipinski definition) is 4. The van der Waals surface area contributed by atoms with Gasteiger partial charge in [-0.05, 0) is 44.6 Å². The Balaban J connectivity index is 2.29. The second-order valence-corrected chi connectivity index (χ2v) is 7.66. The summed E-state index contributed by atoms with van der Waals surface area (Å²) in [5, 5.41) is 0.432. The number of nitrogen functional groups attached to an aromatic ring is 1. The topological polar surface area (TPSA) is 66.6 Å². The van der Waals surface area contributed by atoms with E-state index in [1.807, 2.05) is 7.05 Å². The summed E-state index contributed by atoms with van der Waals surface area (Å²) in [6.07, 6.45) is 1.87. The molecule has 1 heterocycles. The molecule has 0 bridgehead atoms. The van der Waals surface area contributed by atoms with E-state index in [4.69, 9.17) is 17.3 Å². The standard InChI is InChI=1S/C13H20ClN3O2S/c1-16-7-3-4-11(9-16)17(2)20(18,19)13-6-5-10(14)8-12(13)15/h5-6,8,11H,3-4,7,9,15H2,1-2H3. The van der Waals surface area contributed by atoms with Gasteiger partial charge in [0.05, 0.1) is 5.69 Å². The van der Waals surface area contributed by atoms with Crippen LogP contribution in [-0.2, 0) is 10.0 Å². The highest BCUT2D eigenvalue weighted by Gasteiger charge is 2.31. The van der Waals surface area contributed by atoms with E-state index in [-0.39, 0.29) is 16.6 Å². The summed E-state index contributed by atoms with van der Waals surface area (Å²) in [5.41, 5.74) is 5.99. The minimum absolute atomic E-state index is 0.0196. The van der Waals surface area contributed by atoms with Gasteiger partial charge in [-0.25, -0.2) is 8.42 Å². The first kappa shape index (κ1) is 15.6. The monoisotopic (exact) mass is 317 g/mol. The average Bonchev–Trinajstić information content (AvgIpc) is 2.37. The van der Waals surface area contributed by atoms with Crippen LogP contribution in [0.15, 0.2) is 23.1 Å². The van der Waals surface area contributed by atoms with Crippen LogP contribution in [0.2, 0.25) is 5.02 Å². The first-order valence-electron chi connectivity index (χ1n) is 6.54. The number of likely N-dealkylation sites (N-methyl/N-ethyl adjacent to an activating group) is 2. The molecule has 0 saturated carbocycles. The lowest BCUT2D eigenvalue weighted by Gasteiger charge is -2.35. The van der Waals surface area contributed by atoms with Gasteiger partial charge in [0.25, 0.3) is 0 Å². The average molecular weight is 318 g/mol. The zero-order valence-electron chi connectivity index (χ0n) is 11.7. The molecule has 112 valence electrons. The van der Waals surface area contributed by atoms with Crippen molar-refractivity contribution in [2.75, 3.05) is 32.9 Å². The van der Waals surface area contributed by atoms with Crippen LogP contribution in [0.25, 0.3) is 0 Å². The third-order valence-electron chi connectivity index (χ3n) is 3.74. The van der Waals surface area contributed by atoms with Gasteiger partial charge >= 0.3 is 0 Å². The Labute approximate surface area is 125 Å². The molecule has 2 N–H and O–H groups in total. The Bertz CT molecular complexity index is 591. The van der Waals surface area contributed by atoms with E-state index in [0.717, 1.165) is 25.9 Å². The summed E-state index contributed by atoms with van der Waals surface area (Å²) in [6.45, 7) is 1.75. The van der Waals surface area contributed by atoms with Crippen molar-refractivity contribution in [3.63, 3.8) is 0 Å². The molecule has 1 aliphatic heterocycles. The molecule has 0 radical (unpaired) electrons. The fraction of sp³-hybridized carbons (Fsp3) is 0.538. The van der Waals surface area contributed by atoms with E-state index in [0.29, 0.717) is 5.02 Å². The number of benzene rings is 1. The Morgan fingerprint density at radius 2 is 2.15 bits per heavy atom. The largest absolute Gasteiger partial charge is 0.398 e. The predicted octanol–water partition coefficient (Wildman–Crippen LogP) is 1.64. The van der Waals surface area contributed by atoms with Gasteiger partial charge in [-0.2, -0.15) is 4.31 Å². The number of likely N-dealkylation sites (tertiary alicyclic amines) is 1. The van der Waals surface area contributed by atoms with E-state index in [2.05, 4.69) is 4.90 Å². The van der Waals surface area contributed by atoms with E-state index < -0.39 is 10.0 Å². The number of anilines is 1. The quantitative estimate of drug-likeness (QED) is 0.861. The van der Waals surface area contributed by atoms with Gasteiger partial charge in [-0.3, -0.25) is 0 Å². The Morgan fingerprint density at radius 3 is 2.75 bits per heavy atom. The third-order valence-corrected chi connectivity index (χ3v) is 5.96. The maximum Gasteiger partial charge on any atom is 0.245 e. The lowest BCUT2D eigenvalue weighted by atomic mass is 10.1. The molecule has 0 aromatic heterocycles. The normalized spacial score (nSPS) is 21.3. The van der Waals surface area contributed by atoms with Crippen LogP contribution in [-0.4, -0.2) is 50.8 Å². The van der Waals surface area contributed by atoms with Crippen molar-refractivity contribution in [3.05, 3.63) is 23.2 Å². The van der Waals surface area contributed by atoms with Crippen LogP contribution in [0, 0.1) is 0 Å².